The first kappa shape index (κ1) is 13.6. The maximum absolute atomic E-state index is 12.6. The largest absolute Gasteiger partial charge is 0.398 e. The van der Waals surface area contributed by atoms with Crippen molar-refractivity contribution in [2.24, 2.45) is 0 Å². The summed E-state index contributed by atoms with van der Waals surface area (Å²) in [7, 11) is 0. The van der Waals surface area contributed by atoms with Crippen LogP contribution in [0.15, 0.2) is 18.2 Å². The number of carbonyl (C=O) groups is 1. The Hall–Kier alpha value is -2.37. The predicted molar refractivity (Wildman–Crippen MR) is 81.2 cm³/mol. The number of H-pyrrole nitrogens is 1. The lowest BCUT2D eigenvalue weighted by Crippen LogP contribution is -2.36. The monoisotopic (exact) mass is 285 g/mol. The van der Waals surface area contributed by atoms with E-state index < -0.39 is 0 Å². The van der Waals surface area contributed by atoms with Gasteiger partial charge in [-0.1, -0.05) is 13.0 Å². The molecule has 6 nitrogen and oxygen atoms in total. The highest BCUT2D eigenvalue weighted by atomic mass is 16.2. The summed E-state index contributed by atoms with van der Waals surface area (Å²) in [5.41, 5.74) is 8.68. The summed E-state index contributed by atoms with van der Waals surface area (Å²) in [6, 6.07) is 5.68. The molecule has 0 bridgehead atoms. The summed E-state index contributed by atoms with van der Waals surface area (Å²) in [4.78, 5) is 18.6. The zero-order valence-electron chi connectivity index (χ0n) is 12.1. The minimum atomic E-state index is -0.167. The summed E-state index contributed by atoms with van der Waals surface area (Å²) in [5, 5.41) is 6.88. The van der Waals surface area contributed by atoms with E-state index >= 15 is 0 Å². The van der Waals surface area contributed by atoms with E-state index in [1.807, 2.05) is 18.2 Å². The molecule has 0 atom stereocenters. The van der Waals surface area contributed by atoms with Gasteiger partial charge < -0.3 is 10.6 Å². The average molecular weight is 285 g/mol. The molecule has 0 aliphatic carbocycles. The van der Waals surface area contributed by atoms with Crippen LogP contribution < -0.4 is 10.6 Å². The van der Waals surface area contributed by atoms with Crippen LogP contribution in [0.4, 0.5) is 11.4 Å². The third kappa shape index (κ3) is 2.49. The number of benzene rings is 1. The highest BCUT2D eigenvalue weighted by molar-refractivity contribution is 6.04. The van der Waals surface area contributed by atoms with Gasteiger partial charge in [0.15, 0.2) is 0 Å². The molecule has 0 unspecified atom stereocenters. The lowest BCUT2D eigenvalue weighted by molar-refractivity contribution is 0.0975. The maximum atomic E-state index is 12.6. The van der Waals surface area contributed by atoms with Gasteiger partial charge in [-0.15, -0.1) is 5.10 Å². The van der Waals surface area contributed by atoms with Crippen molar-refractivity contribution in [1.82, 2.24) is 15.2 Å². The highest BCUT2D eigenvalue weighted by Gasteiger charge is 2.27. The predicted octanol–water partition coefficient (Wildman–Crippen LogP) is 1.93. The number of carbonyl (C=O) groups excluding carboxylic acids is 1. The van der Waals surface area contributed by atoms with Gasteiger partial charge >= 0.3 is 0 Å². The Kier molecular flexibility index (Phi) is 3.60. The smallest absolute Gasteiger partial charge is 0.297 e. The first-order chi connectivity index (χ1) is 10.2. The number of nitrogen functional groups attached to an aromatic ring is 1. The number of nitrogens with one attached hydrogen (secondary N) is 1. The molecular formula is C15H19N5O. The standard InChI is InChI=1S/C15H19N5O/c1-2-5-13-17-14(19-18-13)15(21)20-9-4-6-10-11(16)7-3-8-12(10)20/h3,7-8H,2,4-6,9,16H2,1H3,(H,17,18,19). The Morgan fingerprint density at radius 2 is 2.33 bits per heavy atom. The van der Waals surface area contributed by atoms with Gasteiger partial charge in [0.05, 0.1) is 0 Å². The molecule has 1 amide bonds. The SMILES string of the molecule is CCCc1nc(C(=O)N2CCCc3c(N)cccc32)n[nH]1. The van der Waals surface area contributed by atoms with Crippen molar-refractivity contribution in [2.75, 3.05) is 17.2 Å². The fourth-order valence-corrected chi connectivity index (χ4v) is 2.72. The van der Waals surface area contributed by atoms with Crippen LogP contribution in [0.3, 0.4) is 0 Å². The molecule has 6 heteroatoms. The van der Waals surface area contributed by atoms with Crippen molar-refractivity contribution in [2.45, 2.75) is 32.6 Å². The van der Waals surface area contributed by atoms with E-state index in [-0.39, 0.29) is 11.7 Å². The minimum absolute atomic E-state index is 0.167. The molecule has 0 fully saturated rings. The molecule has 0 saturated carbocycles. The molecule has 1 aromatic carbocycles. The van der Waals surface area contributed by atoms with Crippen molar-refractivity contribution in [3.63, 3.8) is 0 Å². The van der Waals surface area contributed by atoms with E-state index in [9.17, 15) is 4.79 Å². The Bertz CT molecular complexity index is 664. The molecule has 0 spiro atoms. The van der Waals surface area contributed by atoms with Crippen molar-refractivity contribution < 1.29 is 4.79 Å². The Balaban J connectivity index is 1.91. The zero-order chi connectivity index (χ0) is 14.8. The normalized spacial score (nSPS) is 14.0. The minimum Gasteiger partial charge on any atom is -0.398 e. The van der Waals surface area contributed by atoms with Crippen molar-refractivity contribution in [3.8, 4) is 0 Å². The van der Waals surface area contributed by atoms with Gasteiger partial charge in [0, 0.05) is 24.3 Å². The summed E-state index contributed by atoms with van der Waals surface area (Å²) in [5.74, 6) is 0.819. The first-order valence-electron chi connectivity index (χ1n) is 7.31. The number of hydrogen-bond donors (Lipinski definition) is 2. The molecular weight excluding hydrogens is 266 g/mol. The zero-order valence-corrected chi connectivity index (χ0v) is 12.1. The number of fused-ring (bicyclic) bond motifs is 1. The summed E-state index contributed by atoms with van der Waals surface area (Å²) in [6.45, 7) is 2.74. The van der Waals surface area contributed by atoms with Crippen LogP contribution in [0, 0.1) is 0 Å². The van der Waals surface area contributed by atoms with Gasteiger partial charge in [-0.3, -0.25) is 9.89 Å². The molecule has 1 aliphatic heterocycles. The van der Waals surface area contributed by atoms with E-state index in [2.05, 4.69) is 22.1 Å². The van der Waals surface area contributed by atoms with E-state index in [1.165, 1.54) is 0 Å². The van der Waals surface area contributed by atoms with E-state index in [1.54, 1.807) is 4.90 Å². The third-order valence-electron chi connectivity index (χ3n) is 3.74. The second-order valence-electron chi connectivity index (χ2n) is 5.26. The van der Waals surface area contributed by atoms with Crippen LogP contribution >= 0.6 is 0 Å². The van der Waals surface area contributed by atoms with E-state index in [0.29, 0.717) is 6.54 Å². The molecule has 1 aromatic heterocycles. The number of amides is 1. The Labute approximate surface area is 123 Å². The van der Waals surface area contributed by atoms with Crippen LogP contribution in [0.2, 0.25) is 0 Å². The highest BCUT2D eigenvalue weighted by Crippen LogP contribution is 2.31. The fourth-order valence-electron chi connectivity index (χ4n) is 2.72. The second kappa shape index (κ2) is 5.55. The van der Waals surface area contributed by atoms with E-state index in [4.69, 9.17) is 5.73 Å². The van der Waals surface area contributed by atoms with Crippen molar-refractivity contribution in [3.05, 3.63) is 35.4 Å². The molecule has 3 rings (SSSR count). The number of hydrogen-bond acceptors (Lipinski definition) is 4. The summed E-state index contributed by atoms with van der Waals surface area (Å²) < 4.78 is 0. The first-order valence-corrected chi connectivity index (χ1v) is 7.31. The quantitative estimate of drug-likeness (QED) is 0.843. The molecule has 2 aromatic rings. The fraction of sp³-hybridized carbons (Fsp3) is 0.400. The number of nitrogens with two attached hydrogens (primary N) is 1. The maximum Gasteiger partial charge on any atom is 0.297 e. The van der Waals surface area contributed by atoms with Gasteiger partial charge in [0.25, 0.3) is 5.91 Å². The molecule has 2 heterocycles. The Morgan fingerprint density at radius 3 is 3.14 bits per heavy atom. The molecule has 0 radical (unpaired) electrons. The van der Waals surface area contributed by atoms with Crippen molar-refractivity contribution >= 4 is 17.3 Å². The topological polar surface area (TPSA) is 87.9 Å². The summed E-state index contributed by atoms with van der Waals surface area (Å²) >= 11 is 0. The van der Waals surface area contributed by atoms with Crippen LogP contribution in [0.25, 0.3) is 0 Å². The number of aryl methyl sites for hydroxylation is 1. The number of rotatable bonds is 3. The molecule has 0 saturated heterocycles. The van der Waals surface area contributed by atoms with Crippen LogP contribution in [-0.2, 0) is 12.8 Å². The van der Waals surface area contributed by atoms with Gasteiger partial charge in [0.2, 0.25) is 5.82 Å². The second-order valence-corrected chi connectivity index (χ2v) is 5.26. The van der Waals surface area contributed by atoms with Gasteiger partial charge in [0.1, 0.15) is 5.82 Å². The van der Waals surface area contributed by atoms with Crippen LogP contribution in [0.1, 0.15) is 41.8 Å². The van der Waals surface area contributed by atoms with Gasteiger partial charge in [-0.25, -0.2) is 4.98 Å². The van der Waals surface area contributed by atoms with Crippen LogP contribution in [-0.4, -0.2) is 27.6 Å². The molecule has 1 aliphatic rings. The number of nitrogens with zero attached hydrogens (tertiary/aromatic N) is 3. The number of aromatic nitrogens is 3. The van der Waals surface area contributed by atoms with Gasteiger partial charge in [-0.05, 0) is 37.0 Å². The summed E-state index contributed by atoms with van der Waals surface area (Å²) in [6.07, 6.45) is 3.57. The van der Waals surface area contributed by atoms with E-state index in [0.717, 1.165) is 48.4 Å². The van der Waals surface area contributed by atoms with Gasteiger partial charge in [-0.2, -0.15) is 0 Å². The Morgan fingerprint density at radius 1 is 1.48 bits per heavy atom. The molecule has 110 valence electrons. The average Bonchev–Trinajstić information content (AvgIpc) is 2.96. The lowest BCUT2D eigenvalue weighted by Gasteiger charge is -2.29. The molecule has 3 N–H and O–H groups in total. The number of aromatic amines is 1. The number of anilines is 2. The lowest BCUT2D eigenvalue weighted by atomic mass is 10.00. The van der Waals surface area contributed by atoms with Crippen LogP contribution in [0.5, 0.6) is 0 Å². The van der Waals surface area contributed by atoms with Crippen molar-refractivity contribution in [1.29, 1.82) is 0 Å². The third-order valence-corrected chi connectivity index (χ3v) is 3.74. The molecule has 21 heavy (non-hydrogen) atoms.